The van der Waals surface area contributed by atoms with Crippen LogP contribution in [-0.2, 0) is 11.2 Å². The van der Waals surface area contributed by atoms with Crippen LogP contribution in [0.25, 0.3) is 0 Å². The third-order valence-corrected chi connectivity index (χ3v) is 7.38. The molecular formula is C26H34O11. The molecule has 2 aromatic rings. The number of aromatic hydroxyl groups is 1. The summed E-state index contributed by atoms with van der Waals surface area (Å²) in [7, 11) is 2.87. The van der Waals surface area contributed by atoms with Gasteiger partial charge in [-0.2, -0.15) is 0 Å². The lowest BCUT2D eigenvalue weighted by atomic mass is 9.67. The van der Waals surface area contributed by atoms with E-state index < -0.39 is 43.2 Å². The first kappa shape index (κ1) is 27.4. The van der Waals surface area contributed by atoms with Gasteiger partial charge >= 0.3 is 0 Å². The van der Waals surface area contributed by atoms with Crippen molar-refractivity contribution in [3.63, 3.8) is 0 Å². The van der Waals surface area contributed by atoms with E-state index in [0.717, 1.165) is 16.7 Å². The number of methoxy groups -OCH3 is 2. The molecule has 0 bridgehead atoms. The highest BCUT2D eigenvalue weighted by atomic mass is 16.7. The minimum absolute atomic E-state index is 0.0390. The smallest absolute Gasteiger partial charge is 0.229 e. The Bertz CT molecular complexity index is 1070. The first-order valence-electron chi connectivity index (χ1n) is 12.0. The number of benzene rings is 2. The fourth-order valence-corrected chi connectivity index (χ4v) is 5.33. The maximum atomic E-state index is 10.5. The van der Waals surface area contributed by atoms with E-state index in [4.69, 9.17) is 18.9 Å². The van der Waals surface area contributed by atoms with Gasteiger partial charge in [0.2, 0.25) is 6.29 Å². The van der Waals surface area contributed by atoms with Crippen LogP contribution in [0.15, 0.2) is 30.3 Å². The van der Waals surface area contributed by atoms with E-state index in [9.17, 15) is 35.7 Å². The van der Waals surface area contributed by atoms with Gasteiger partial charge in [-0.1, -0.05) is 6.07 Å². The van der Waals surface area contributed by atoms with E-state index in [2.05, 4.69) is 0 Å². The van der Waals surface area contributed by atoms with Gasteiger partial charge in [0, 0.05) is 19.1 Å². The highest BCUT2D eigenvalue weighted by Crippen LogP contribution is 2.48. The van der Waals surface area contributed by atoms with E-state index in [1.807, 2.05) is 0 Å². The highest BCUT2D eigenvalue weighted by Gasteiger charge is 2.45. The Morgan fingerprint density at radius 3 is 2.19 bits per heavy atom. The molecule has 11 nitrogen and oxygen atoms in total. The van der Waals surface area contributed by atoms with Crippen molar-refractivity contribution in [3.8, 4) is 23.0 Å². The second kappa shape index (κ2) is 11.4. The normalized spacial score (nSPS) is 31.5. The maximum absolute atomic E-state index is 10.5. The molecule has 1 aliphatic carbocycles. The van der Waals surface area contributed by atoms with Crippen LogP contribution < -0.4 is 14.2 Å². The molecule has 7 N–H and O–H groups in total. The number of hydrogen-bond donors (Lipinski definition) is 7. The van der Waals surface area contributed by atoms with Gasteiger partial charge in [-0.05, 0) is 59.2 Å². The Hall–Kier alpha value is -2.64. The fourth-order valence-electron chi connectivity index (χ4n) is 5.33. The summed E-state index contributed by atoms with van der Waals surface area (Å²) in [6.45, 7) is -0.965. The van der Waals surface area contributed by atoms with Gasteiger partial charge in [-0.15, -0.1) is 0 Å². The number of fused-ring (bicyclic) bond motifs is 1. The van der Waals surface area contributed by atoms with Gasteiger partial charge in [-0.3, -0.25) is 0 Å². The van der Waals surface area contributed by atoms with Gasteiger partial charge in [0.15, 0.2) is 23.0 Å². The zero-order chi connectivity index (χ0) is 26.9. The number of phenolic OH excluding ortho intramolecular Hbond substituents is 1. The molecule has 2 aromatic carbocycles. The lowest BCUT2D eigenvalue weighted by Crippen LogP contribution is -2.60. The summed E-state index contributed by atoms with van der Waals surface area (Å²) in [6, 6.07) is 8.33. The van der Waals surface area contributed by atoms with Crippen LogP contribution in [0.3, 0.4) is 0 Å². The Balaban J connectivity index is 1.79. The van der Waals surface area contributed by atoms with Crippen molar-refractivity contribution >= 4 is 0 Å². The summed E-state index contributed by atoms with van der Waals surface area (Å²) in [5.41, 5.74) is 2.34. The Morgan fingerprint density at radius 2 is 1.57 bits per heavy atom. The van der Waals surface area contributed by atoms with Crippen molar-refractivity contribution in [1.82, 2.24) is 0 Å². The predicted octanol–water partition coefficient (Wildman–Crippen LogP) is -0.507. The molecule has 0 spiro atoms. The molecule has 1 heterocycles. The van der Waals surface area contributed by atoms with Crippen LogP contribution in [0.1, 0.15) is 22.6 Å². The average molecular weight is 523 g/mol. The van der Waals surface area contributed by atoms with Crippen molar-refractivity contribution < 1.29 is 54.7 Å². The summed E-state index contributed by atoms with van der Waals surface area (Å²) in [4.78, 5) is 0. The molecule has 0 radical (unpaired) electrons. The van der Waals surface area contributed by atoms with E-state index in [0.29, 0.717) is 12.2 Å². The third-order valence-electron chi connectivity index (χ3n) is 7.38. The molecule has 4 rings (SSSR count). The predicted molar refractivity (Wildman–Crippen MR) is 129 cm³/mol. The van der Waals surface area contributed by atoms with Crippen LogP contribution in [0.5, 0.6) is 23.0 Å². The monoisotopic (exact) mass is 522 g/mol. The number of aliphatic hydroxyl groups excluding tert-OH is 6. The first-order valence-corrected chi connectivity index (χ1v) is 12.0. The summed E-state index contributed by atoms with van der Waals surface area (Å²) >= 11 is 0. The van der Waals surface area contributed by atoms with Gasteiger partial charge < -0.3 is 54.7 Å². The van der Waals surface area contributed by atoms with Crippen molar-refractivity contribution in [1.29, 1.82) is 0 Å². The highest BCUT2D eigenvalue weighted by molar-refractivity contribution is 5.54. The molecule has 2 aliphatic rings. The van der Waals surface area contributed by atoms with Crippen LogP contribution >= 0.6 is 0 Å². The molecule has 0 saturated carbocycles. The van der Waals surface area contributed by atoms with Gasteiger partial charge in [0.1, 0.15) is 24.4 Å². The Kier molecular flexibility index (Phi) is 8.44. The standard InChI is InChI=1S/C26H34O11/c1-34-18-6-12(3-4-17(18)30)22-15-8-20(36-26-25(33)24(32)23(31)21(11-29)37-26)19(35-2)7-13(15)5-14(9-27)16(22)10-28/h3-4,6-8,14,16,21-33H,5,9-11H2,1-2H3. The van der Waals surface area contributed by atoms with E-state index in [1.54, 1.807) is 24.3 Å². The van der Waals surface area contributed by atoms with Crippen molar-refractivity contribution in [2.45, 2.75) is 43.0 Å². The molecular weight excluding hydrogens is 488 g/mol. The van der Waals surface area contributed by atoms with Crippen LogP contribution in [0.2, 0.25) is 0 Å². The quantitative estimate of drug-likeness (QED) is 0.238. The van der Waals surface area contributed by atoms with Crippen LogP contribution in [0.4, 0.5) is 0 Å². The van der Waals surface area contributed by atoms with Crippen molar-refractivity contribution in [2.24, 2.45) is 11.8 Å². The number of hydrogen-bond acceptors (Lipinski definition) is 11. The number of aliphatic hydroxyl groups is 6. The van der Waals surface area contributed by atoms with Gasteiger partial charge in [0.05, 0.1) is 20.8 Å². The molecule has 8 atom stereocenters. The average Bonchev–Trinajstić information content (AvgIpc) is 2.92. The summed E-state index contributed by atoms with van der Waals surface area (Å²) in [5, 5.41) is 70.8. The maximum Gasteiger partial charge on any atom is 0.229 e. The van der Waals surface area contributed by atoms with Crippen molar-refractivity contribution in [2.75, 3.05) is 34.0 Å². The van der Waals surface area contributed by atoms with Crippen LogP contribution in [0, 0.1) is 11.8 Å². The summed E-state index contributed by atoms with van der Waals surface area (Å²) in [5.74, 6) is -0.374. The number of ether oxygens (including phenoxy) is 4. The van der Waals surface area contributed by atoms with Crippen molar-refractivity contribution in [3.05, 3.63) is 47.0 Å². The molecule has 37 heavy (non-hydrogen) atoms. The zero-order valence-corrected chi connectivity index (χ0v) is 20.6. The van der Waals surface area contributed by atoms with Crippen LogP contribution in [-0.4, -0.2) is 100 Å². The molecule has 1 aliphatic heterocycles. The summed E-state index contributed by atoms with van der Waals surface area (Å²) < 4.78 is 22.2. The van der Waals surface area contributed by atoms with E-state index >= 15 is 0 Å². The largest absolute Gasteiger partial charge is 0.504 e. The second-order valence-electron chi connectivity index (χ2n) is 9.42. The Labute approximate surface area is 214 Å². The lowest BCUT2D eigenvalue weighted by molar-refractivity contribution is -0.277. The lowest BCUT2D eigenvalue weighted by Gasteiger charge is -2.41. The molecule has 1 saturated heterocycles. The second-order valence-corrected chi connectivity index (χ2v) is 9.42. The van der Waals surface area contributed by atoms with Gasteiger partial charge in [0.25, 0.3) is 0 Å². The molecule has 11 heteroatoms. The first-order chi connectivity index (χ1) is 17.8. The number of rotatable bonds is 8. The topological polar surface area (TPSA) is 179 Å². The van der Waals surface area contributed by atoms with E-state index in [1.165, 1.54) is 20.3 Å². The minimum atomic E-state index is -1.61. The molecule has 0 amide bonds. The number of phenols is 1. The molecule has 1 fully saturated rings. The van der Waals surface area contributed by atoms with Gasteiger partial charge in [-0.25, -0.2) is 0 Å². The summed E-state index contributed by atoms with van der Waals surface area (Å²) in [6.07, 6.45) is -6.86. The molecule has 8 unspecified atom stereocenters. The van der Waals surface area contributed by atoms with E-state index in [-0.39, 0.29) is 42.3 Å². The minimum Gasteiger partial charge on any atom is -0.504 e. The fraction of sp³-hybridized carbons (Fsp3) is 0.538. The SMILES string of the molecule is COc1cc(C2c3cc(OC4OC(CO)C(O)C(O)C4O)c(OC)cc3CC(CO)C2CO)ccc1O. The molecule has 0 aromatic heterocycles. The third kappa shape index (κ3) is 5.08. The zero-order valence-electron chi connectivity index (χ0n) is 20.6. The Morgan fingerprint density at radius 1 is 0.838 bits per heavy atom. The molecule has 204 valence electrons.